The Kier molecular flexibility index (Phi) is 5.99. The number of alkyl halides is 1. The molecule has 0 saturated carbocycles. The molecule has 8 heteroatoms. The highest BCUT2D eigenvalue weighted by molar-refractivity contribution is 5.73. The molecule has 0 saturated heterocycles. The van der Waals surface area contributed by atoms with Gasteiger partial charge in [0, 0.05) is 30.3 Å². The Hall–Kier alpha value is -3.65. The highest BCUT2D eigenvalue weighted by atomic mass is 19.1. The third kappa shape index (κ3) is 4.59. The zero-order chi connectivity index (χ0) is 21.8. The number of halogens is 2. The molecule has 3 N–H and O–H groups in total. The lowest BCUT2D eigenvalue weighted by Gasteiger charge is -2.05. The smallest absolute Gasteiger partial charge is 0.189 e. The van der Waals surface area contributed by atoms with E-state index in [9.17, 15) is 8.78 Å². The number of rotatable bonds is 7. The van der Waals surface area contributed by atoms with Crippen molar-refractivity contribution in [3.63, 3.8) is 0 Å². The predicted octanol–water partition coefficient (Wildman–Crippen LogP) is 4.55. The Labute approximate surface area is 178 Å². The summed E-state index contributed by atoms with van der Waals surface area (Å²) in [4.78, 5) is 8.79. The number of hydrogen-bond acceptors (Lipinski definition) is 6. The minimum absolute atomic E-state index is 0.188. The number of benzene rings is 2. The van der Waals surface area contributed by atoms with Gasteiger partial charge >= 0.3 is 0 Å². The van der Waals surface area contributed by atoms with Gasteiger partial charge in [0.05, 0.1) is 11.9 Å². The third-order valence-corrected chi connectivity index (χ3v) is 4.80. The van der Waals surface area contributed by atoms with Gasteiger partial charge in [0.25, 0.3) is 0 Å². The van der Waals surface area contributed by atoms with Crippen LogP contribution in [0.4, 0.5) is 14.6 Å². The molecule has 0 unspecified atom stereocenters. The van der Waals surface area contributed by atoms with Gasteiger partial charge in [-0.25, -0.2) is 18.7 Å². The monoisotopic (exact) mass is 421 g/mol. The van der Waals surface area contributed by atoms with Crippen LogP contribution in [-0.2, 0) is 6.54 Å². The van der Waals surface area contributed by atoms with Crippen LogP contribution in [0.1, 0.15) is 11.1 Å². The summed E-state index contributed by atoms with van der Waals surface area (Å²) >= 11 is 0. The summed E-state index contributed by atoms with van der Waals surface area (Å²) in [7, 11) is 0. The molecule has 0 amide bonds. The Morgan fingerprint density at radius 2 is 1.87 bits per heavy atom. The van der Waals surface area contributed by atoms with Crippen LogP contribution in [0, 0.1) is 12.7 Å². The second-order valence-corrected chi connectivity index (χ2v) is 7.11. The third-order valence-electron chi connectivity index (χ3n) is 4.80. The molecule has 158 valence electrons. The molecule has 4 aromatic rings. The second kappa shape index (κ2) is 9.01. The Morgan fingerprint density at radius 1 is 1.06 bits per heavy atom. The number of anilines is 1. The molecule has 0 aliphatic rings. The molecule has 2 aromatic heterocycles. The lowest BCUT2D eigenvalue weighted by molar-refractivity contribution is 0.433. The van der Waals surface area contributed by atoms with Crippen molar-refractivity contribution in [1.29, 1.82) is 0 Å². The molecule has 0 radical (unpaired) electrons. The van der Waals surface area contributed by atoms with E-state index in [0.29, 0.717) is 35.0 Å². The van der Waals surface area contributed by atoms with Crippen LogP contribution in [0.2, 0.25) is 0 Å². The van der Waals surface area contributed by atoms with E-state index in [1.165, 1.54) is 6.07 Å². The molecule has 31 heavy (non-hydrogen) atoms. The SMILES string of the molecule is Cc1ccc(-c2cnc(N)c(-c3cc(-c4ccc(CNCCF)cc4F)no3)n2)cc1. The first-order chi connectivity index (χ1) is 15.0. The summed E-state index contributed by atoms with van der Waals surface area (Å²) in [6, 6.07) is 14.2. The van der Waals surface area contributed by atoms with Gasteiger partial charge in [-0.2, -0.15) is 0 Å². The minimum Gasteiger partial charge on any atom is -0.382 e. The zero-order valence-corrected chi connectivity index (χ0v) is 16.9. The quantitative estimate of drug-likeness (QED) is 0.426. The van der Waals surface area contributed by atoms with Crippen molar-refractivity contribution in [3.05, 3.63) is 71.7 Å². The van der Waals surface area contributed by atoms with Gasteiger partial charge in [-0.05, 0) is 24.6 Å². The first kappa shape index (κ1) is 20.6. The van der Waals surface area contributed by atoms with Gasteiger partial charge in [-0.1, -0.05) is 41.1 Å². The Balaban J connectivity index is 1.62. The van der Waals surface area contributed by atoms with Crippen LogP contribution in [0.5, 0.6) is 0 Å². The van der Waals surface area contributed by atoms with Gasteiger partial charge in [-0.3, -0.25) is 0 Å². The molecule has 4 rings (SSSR count). The van der Waals surface area contributed by atoms with Crippen molar-refractivity contribution in [2.75, 3.05) is 19.0 Å². The number of nitrogens with one attached hydrogen (secondary N) is 1. The van der Waals surface area contributed by atoms with Crippen molar-refractivity contribution in [2.24, 2.45) is 0 Å². The van der Waals surface area contributed by atoms with Gasteiger partial charge in [-0.15, -0.1) is 0 Å². The molecule has 0 spiro atoms. The van der Waals surface area contributed by atoms with Gasteiger partial charge in [0.2, 0.25) is 0 Å². The summed E-state index contributed by atoms with van der Waals surface area (Å²) in [5.74, 6) is 0.0298. The van der Waals surface area contributed by atoms with E-state index in [4.69, 9.17) is 10.3 Å². The van der Waals surface area contributed by atoms with Crippen LogP contribution < -0.4 is 11.1 Å². The van der Waals surface area contributed by atoms with E-state index in [0.717, 1.165) is 11.1 Å². The molecule has 0 aliphatic carbocycles. The molecule has 2 heterocycles. The van der Waals surface area contributed by atoms with Gasteiger partial charge in [0.1, 0.15) is 18.2 Å². The number of aryl methyl sites for hydroxylation is 1. The molecule has 6 nitrogen and oxygen atoms in total. The van der Waals surface area contributed by atoms with E-state index in [1.807, 2.05) is 31.2 Å². The topological polar surface area (TPSA) is 89.9 Å². The maximum atomic E-state index is 14.6. The standard InChI is InChI=1S/C23H21F2N5O/c1-14-2-5-16(6-3-14)20-13-28-23(26)22(29-20)21-11-19(30-31-21)17-7-4-15(10-18(17)25)12-27-9-8-24/h2-7,10-11,13,27H,8-9,12H2,1H3,(H2,26,28). The Morgan fingerprint density at radius 3 is 2.61 bits per heavy atom. The molecule has 0 fully saturated rings. The fourth-order valence-electron chi connectivity index (χ4n) is 3.13. The fraction of sp³-hybridized carbons (Fsp3) is 0.174. The van der Waals surface area contributed by atoms with Crippen molar-refractivity contribution >= 4 is 5.82 Å². The van der Waals surface area contributed by atoms with Crippen molar-refractivity contribution in [2.45, 2.75) is 13.5 Å². The van der Waals surface area contributed by atoms with E-state index < -0.39 is 12.5 Å². The van der Waals surface area contributed by atoms with Gasteiger partial charge < -0.3 is 15.6 Å². The first-order valence-corrected chi connectivity index (χ1v) is 9.77. The van der Waals surface area contributed by atoms with Gasteiger partial charge in [0.15, 0.2) is 17.3 Å². The minimum atomic E-state index is -0.473. The number of nitrogens with zero attached hydrogens (tertiary/aromatic N) is 3. The molecule has 0 atom stereocenters. The number of nitrogens with two attached hydrogens (primary N) is 1. The van der Waals surface area contributed by atoms with Crippen LogP contribution >= 0.6 is 0 Å². The summed E-state index contributed by atoms with van der Waals surface area (Å²) in [5.41, 5.74) is 10.3. The number of aromatic nitrogens is 3. The van der Waals surface area contributed by atoms with Crippen LogP contribution in [-0.4, -0.2) is 28.3 Å². The lowest BCUT2D eigenvalue weighted by Crippen LogP contribution is -2.16. The summed E-state index contributed by atoms with van der Waals surface area (Å²) in [6.07, 6.45) is 1.59. The average Bonchev–Trinajstić information content (AvgIpc) is 3.25. The maximum Gasteiger partial charge on any atom is 0.189 e. The molecule has 2 aromatic carbocycles. The van der Waals surface area contributed by atoms with Crippen molar-refractivity contribution < 1.29 is 13.3 Å². The average molecular weight is 421 g/mol. The highest BCUT2D eigenvalue weighted by Crippen LogP contribution is 2.30. The van der Waals surface area contributed by atoms with Crippen molar-refractivity contribution in [3.8, 4) is 34.0 Å². The number of hydrogen-bond donors (Lipinski definition) is 2. The van der Waals surface area contributed by atoms with E-state index in [-0.39, 0.29) is 17.9 Å². The normalized spacial score (nSPS) is 11.1. The molecular weight excluding hydrogens is 400 g/mol. The first-order valence-electron chi connectivity index (χ1n) is 9.77. The van der Waals surface area contributed by atoms with Crippen LogP contribution in [0.3, 0.4) is 0 Å². The Bertz CT molecular complexity index is 1190. The zero-order valence-electron chi connectivity index (χ0n) is 16.9. The molecule has 0 bridgehead atoms. The number of nitrogen functional groups attached to an aromatic ring is 1. The van der Waals surface area contributed by atoms with E-state index >= 15 is 0 Å². The van der Waals surface area contributed by atoms with E-state index in [2.05, 4.69) is 20.4 Å². The van der Waals surface area contributed by atoms with Crippen molar-refractivity contribution in [1.82, 2.24) is 20.4 Å². The fourth-order valence-corrected chi connectivity index (χ4v) is 3.13. The summed E-state index contributed by atoms with van der Waals surface area (Å²) in [5, 5.41) is 6.87. The lowest BCUT2D eigenvalue weighted by atomic mass is 10.1. The van der Waals surface area contributed by atoms with Crippen LogP contribution in [0.25, 0.3) is 34.0 Å². The largest absolute Gasteiger partial charge is 0.382 e. The van der Waals surface area contributed by atoms with E-state index in [1.54, 1.807) is 24.4 Å². The predicted molar refractivity (Wildman–Crippen MR) is 115 cm³/mol. The molecule has 0 aliphatic heterocycles. The summed E-state index contributed by atoms with van der Waals surface area (Å²) in [6.45, 7) is 2.13. The summed E-state index contributed by atoms with van der Waals surface area (Å²) < 4.78 is 32.2. The molecular formula is C23H21F2N5O. The van der Waals surface area contributed by atoms with Crippen LogP contribution in [0.15, 0.2) is 59.3 Å². The highest BCUT2D eigenvalue weighted by Gasteiger charge is 2.17. The maximum absolute atomic E-state index is 14.6. The second-order valence-electron chi connectivity index (χ2n) is 7.11.